The predicted molar refractivity (Wildman–Crippen MR) is 47.7 cm³/mol. The van der Waals surface area contributed by atoms with Gasteiger partial charge in [0.05, 0.1) is 11.6 Å². The minimum Gasteiger partial charge on any atom is -0.471 e. The van der Waals surface area contributed by atoms with E-state index < -0.39 is 24.2 Å². The second kappa shape index (κ2) is 4.76. The minimum absolute atomic E-state index is 0.0953. The summed E-state index contributed by atoms with van der Waals surface area (Å²) in [6, 6.07) is 5.51. The van der Waals surface area contributed by atoms with Crippen LogP contribution in [0.2, 0.25) is 0 Å². The topological polar surface area (TPSA) is 33.0 Å². The van der Waals surface area contributed by atoms with Crippen molar-refractivity contribution in [1.82, 2.24) is 0 Å². The molecule has 0 heterocycles. The number of benzene rings is 1. The zero-order valence-corrected chi connectivity index (χ0v) is 8.51. The zero-order valence-electron chi connectivity index (χ0n) is 8.51. The lowest BCUT2D eigenvalue weighted by Crippen LogP contribution is -2.46. The Morgan fingerprint density at radius 3 is 1.72 bits per heavy atom. The molecule has 0 aliphatic rings. The van der Waals surface area contributed by atoms with E-state index in [-0.39, 0.29) is 5.56 Å². The maximum absolute atomic E-state index is 12.1. The maximum Gasteiger partial charge on any atom is 0.434 e. The molecule has 2 nitrogen and oxygen atoms in total. The van der Waals surface area contributed by atoms with Crippen LogP contribution in [0.15, 0.2) is 24.3 Å². The van der Waals surface area contributed by atoms with E-state index in [1.165, 1.54) is 0 Å². The van der Waals surface area contributed by atoms with Gasteiger partial charge in [-0.2, -0.15) is 31.6 Å². The first-order chi connectivity index (χ1) is 8.14. The van der Waals surface area contributed by atoms with E-state index in [2.05, 4.69) is 4.74 Å². The lowest BCUT2D eigenvalue weighted by Gasteiger charge is -2.23. The highest BCUT2D eigenvalue weighted by atomic mass is 19.4. The van der Waals surface area contributed by atoms with Gasteiger partial charge in [-0.15, -0.1) is 0 Å². The molecule has 98 valence electrons. The molecule has 0 aromatic heterocycles. The van der Waals surface area contributed by atoms with Crippen LogP contribution >= 0.6 is 0 Å². The Bertz CT molecular complexity index is 427. The fraction of sp³-hybridized carbons (Fsp3) is 0.300. The molecule has 0 saturated heterocycles. The number of alkyl halides is 6. The molecule has 0 aliphatic carbocycles. The molecule has 0 amide bonds. The summed E-state index contributed by atoms with van der Waals surface area (Å²) in [6.07, 6.45) is -15.0. The lowest BCUT2D eigenvalue weighted by atomic mass is 10.2. The van der Waals surface area contributed by atoms with E-state index in [9.17, 15) is 26.3 Å². The van der Waals surface area contributed by atoms with Crippen molar-refractivity contribution >= 4 is 0 Å². The van der Waals surface area contributed by atoms with Gasteiger partial charge in [0.15, 0.2) is 0 Å². The SMILES string of the molecule is N#Cc1ccc(OC(C(F)(F)F)C(F)(F)F)cc1. The average Bonchev–Trinajstić information content (AvgIpc) is 2.23. The van der Waals surface area contributed by atoms with E-state index in [1.54, 1.807) is 6.07 Å². The molecule has 1 rings (SSSR count). The molecule has 18 heavy (non-hydrogen) atoms. The molecule has 1 aromatic carbocycles. The second-order valence-electron chi connectivity index (χ2n) is 3.22. The van der Waals surface area contributed by atoms with E-state index >= 15 is 0 Å². The summed E-state index contributed by atoms with van der Waals surface area (Å²) in [5, 5.41) is 8.42. The van der Waals surface area contributed by atoms with Crippen molar-refractivity contribution in [2.75, 3.05) is 0 Å². The summed E-state index contributed by atoms with van der Waals surface area (Å²) in [7, 11) is 0. The van der Waals surface area contributed by atoms with Gasteiger partial charge in [0.1, 0.15) is 5.75 Å². The Hall–Kier alpha value is -1.91. The third kappa shape index (κ3) is 3.55. The number of nitriles is 1. The van der Waals surface area contributed by atoms with Crippen LogP contribution in [0.4, 0.5) is 26.3 Å². The average molecular weight is 269 g/mol. The first-order valence-corrected chi connectivity index (χ1v) is 4.45. The zero-order chi connectivity index (χ0) is 14.0. The van der Waals surface area contributed by atoms with Crippen molar-refractivity contribution in [3.05, 3.63) is 29.8 Å². The Kier molecular flexibility index (Phi) is 3.74. The maximum atomic E-state index is 12.1. The quantitative estimate of drug-likeness (QED) is 0.770. The largest absolute Gasteiger partial charge is 0.471 e. The number of hydrogen-bond acceptors (Lipinski definition) is 2. The van der Waals surface area contributed by atoms with Gasteiger partial charge >= 0.3 is 12.4 Å². The van der Waals surface area contributed by atoms with Gasteiger partial charge < -0.3 is 4.74 Å². The van der Waals surface area contributed by atoms with Crippen LogP contribution in [0.25, 0.3) is 0 Å². The van der Waals surface area contributed by atoms with Crippen LogP contribution in [0.3, 0.4) is 0 Å². The van der Waals surface area contributed by atoms with Crippen molar-refractivity contribution in [2.45, 2.75) is 18.5 Å². The lowest BCUT2D eigenvalue weighted by molar-refractivity contribution is -0.299. The Morgan fingerprint density at radius 1 is 0.944 bits per heavy atom. The van der Waals surface area contributed by atoms with Crippen LogP contribution < -0.4 is 4.74 Å². The Morgan fingerprint density at radius 2 is 1.39 bits per heavy atom. The summed E-state index contributed by atoms with van der Waals surface area (Å²) in [4.78, 5) is 0. The van der Waals surface area contributed by atoms with Gasteiger partial charge in [-0.25, -0.2) is 0 Å². The molecule has 1 aromatic rings. The highest BCUT2D eigenvalue weighted by molar-refractivity contribution is 5.34. The van der Waals surface area contributed by atoms with Crippen LogP contribution in [-0.4, -0.2) is 18.5 Å². The molecule has 0 aliphatic heterocycles. The molecule has 0 unspecified atom stereocenters. The number of ether oxygens (including phenoxy) is 1. The van der Waals surface area contributed by atoms with Gasteiger partial charge in [0.25, 0.3) is 6.10 Å². The summed E-state index contributed by atoms with van der Waals surface area (Å²) in [5.74, 6) is -0.617. The smallest absolute Gasteiger partial charge is 0.434 e. The van der Waals surface area contributed by atoms with Crippen molar-refractivity contribution in [3.63, 3.8) is 0 Å². The monoisotopic (exact) mass is 269 g/mol. The first-order valence-electron chi connectivity index (χ1n) is 4.45. The van der Waals surface area contributed by atoms with Crippen molar-refractivity contribution in [3.8, 4) is 11.8 Å². The number of hydrogen-bond donors (Lipinski definition) is 0. The molecule has 0 radical (unpaired) electrons. The van der Waals surface area contributed by atoms with Gasteiger partial charge in [-0.1, -0.05) is 0 Å². The minimum atomic E-state index is -5.56. The summed E-state index contributed by atoms with van der Waals surface area (Å²) in [5.41, 5.74) is 0.0953. The number of nitrogens with zero attached hydrogens (tertiary/aromatic N) is 1. The molecule has 0 bridgehead atoms. The fourth-order valence-electron chi connectivity index (χ4n) is 1.06. The second-order valence-corrected chi connectivity index (χ2v) is 3.22. The molecular formula is C10H5F6NO. The molecule has 0 fully saturated rings. The molecule has 0 saturated carbocycles. The molecule has 0 N–H and O–H groups in total. The van der Waals surface area contributed by atoms with Crippen molar-refractivity contribution in [2.24, 2.45) is 0 Å². The van der Waals surface area contributed by atoms with Crippen LogP contribution in [0, 0.1) is 11.3 Å². The van der Waals surface area contributed by atoms with Gasteiger partial charge in [-0.3, -0.25) is 0 Å². The van der Waals surface area contributed by atoms with E-state index in [0.717, 1.165) is 24.3 Å². The predicted octanol–water partition coefficient (Wildman–Crippen LogP) is 3.43. The summed E-state index contributed by atoms with van der Waals surface area (Å²) < 4.78 is 76.8. The van der Waals surface area contributed by atoms with Crippen molar-refractivity contribution in [1.29, 1.82) is 5.26 Å². The molecule has 0 atom stereocenters. The third-order valence-electron chi connectivity index (χ3n) is 1.83. The number of rotatable bonds is 2. The molecular weight excluding hydrogens is 264 g/mol. The first kappa shape index (κ1) is 14.2. The van der Waals surface area contributed by atoms with E-state index in [0.29, 0.717) is 0 Å². The van der Waals surface area contributed by atoms with Crippen LogP contribution in [0.1, 0.15) is 5.56 Å². The van der Waals surface area contributed by atoms with Crippen molar-refractivity contribution < 1.29 is 31.1 Å². The summed E-state index contributed by atoms with van der Waals surface area (Å²) >= 11 is 0. The fourth-order valence-corrected chi connectivity index (χ4v) is 1.06. The molecule has 0 spiro atoms. The van der Waals surface area contributed by atoms with Gasteiger partial charge in [0.2, 0.25) is 0 Å². The molecule has 8 heteroatoms. The van der Waals surface area contributed by atoms with E-state index in [1.807, 2.05) is 0 Å². The Balaban J connectivity index is 2.94. The van der Waals surface area contributed by atoms with E-state index in [4.69, 9.17) is 5.26 Å². The normalized spacial score (nSPS) is 12.3. The Labute approximate surface area is 97.4 Å². The van der Waals surface area contributed by atoms with Crippen LogP contribution in [-0.2, 0) is 0 Å². The number of halogens is 6. The van der Waals surface area contributed by atoms with Gasteiger partial charge in [0, 0.05) is 0 Å². The highest BCUT2D eigenvalue weighted by Crippen LogP contribution is 2.36. The highest BCUT2D eigenvalue weighted by Gasteiger charge is 2.59. The standard InChI is InChI=1S/C10H5F6NO/c11-9(12,13)8(10(14,15)16)18-7-3-1-6(5-17)2-4-7/h1-4,8H. The summed E-state index contributed by atoms with van der Waals surface area (Å²) in [6.45, 7) is 0. The van der Waals surface area contributed by atoms with Gasteiger partial charge in [-0.05, 0) is 24.3 Å². The third-order valence-corrected chi connectivity index (χ3v) is 1.83. The van der Waals surface area contributed by atoms with Crippen LogP contribution in [0.5, 0.6) is 5.75 Å².